The number of hydrogen-bond donors (Lipinski definition) is 2. The molecule has 0 aliphatic heterocycles. The third kappa shape index (κ3) is 4.76. The van der Waals surface area contributed by atoms with Gasteiger partial charge in [-0.3, -0.25) is 4.72 Å². The Kier molecular flexibility index (Phi) is 5.68. The Bertz CT molecular complexity index is 520. The molecule has 0 heterocycles. The lowest BCUT2D eigenvalue weighted by Crippen LogP contribution is -2.35. The molecule has 0 amide bonds. The van der Waals surface area contributed by atoms with Crippen LogP contribution in [0.3, 0.4) is 0 Å². The number of rotatable bonds is 7. The van der Waals surface area contributed by atoms with E-state index < -0.39 is 26.9 Å². The molecule has 1 unspecified atom stereocenters. The maximum absolute atomic E-state index is 13.0. The first-order valence-corrected chi connectivity index (χ1v) is 7.59. The molecular weight excluding hydrogens is 274 g/mol. The van der Waals surface area contributed by atoms with Crippen molar-refractivity contribution in [2.75, 3.05) is 17.8 Å². The lowest BCUT2D eigenvalue weighted by atomic mass is 10.3. The van der Waals surface area contributed by atoms with Gasteiger partial charge in [0.25, 0.3) is 0 Å². The number of hydrogen-bond acceptors (Lipinski definition) is 3. The summed E-state index contributed by atoms with van der Waals surface area (Å²) >= 11 is 0. The number of nitrogens with one attached hydrogen (secondary N) is 2. The summed E-state index contributed by atoms with van der Waals surface area (Å²) in [6.45, 7) is 4.55. The number of halogens is 2. The van der Waals surface area contributed by atoms with E-state index in [1.807, 2.05) is 6.92 Å². The predicted octanol–water partition coefficient (Wildman–Crippen LogP) is 2.09. The van der Waals surface area contributed by atoms with Crippen LogP contribution in [0, 0.1) is 11.6 Å². The van der Waals surface area contributed by atoms with E-state index in [9.17, 15) is 17.2 Å². The fourth-order valence-electron chi connectivity index (χ4n) is 1.42. The van der Waals surface area contributed by atoms with Crippen molar-refractivity contribution in [1.29, 1.82) is 0 Å². The second-order valence-electron chi connectivity index (χ2n) is 4.29. The predicted molar refractivity (Wildman–Crippen MR) is 71.5 cm³/mol. The monoisotopic (exact) mass is 292 g/mol. The van der Waals surface area contributed by atoms with E-state index in [2.05, 4.69) is 10.0 Å². The highest BCUT2D eigenvalue weighted by molar-refractivity contribution is 7.93. The van der Waals surface area contributed by atoms with Gasteiger partial charge in [-0.25, -0.2) is 17.2 Å². The molecule has 0 aromatic heterocycles. The van der Waals surface area contributed by atoms with Crippen molar-refractivity contribution in [2.24, 2.45) is 0 Å². The van der Waals surface area contributed by atoms with Gasteiger partial charge in [0.1, 0.15) is 0 Å². The zero-order chi connectivity index (χ0) is 14.5. The Labute approximate surface area is 112 Å². The van der Waals surface area contributed by atoms with E-state index in [1.54, 1.807) is 6.92 Å². The number of sulfonamides is 1. The summed E-state index contributed by atoms with van der Waals surface area (Å²) in [6, 6.07) is 2.88. The molecule has 0 bridgehead atoms. The molecule has 0 saturated heterocycles. The van der Waals surface area contributed by atoms with Crippen LogP contribution in [-0.2, 0) is 10.0 Å². The van der Waals surface area contributed by atoms with Crippen LogP contribution >= 0.6 is 0 Å². The highest BCUT2D eigenvalue weighted by Gasteiger charge is 2.20. The fourth-order valence-corrected chi connectivity index (χ4v) is 2.41. The molecular formula is C12H18F2N2O2S. The van der Waals surface area contributed by atoms with E-state index >= 15 is 0 Å². The Balaban J connectivity index is 2.70. The van der Waals surface area contributed by atoms with Gasteiger partial charge in [-0.1, -0.05) is 6.92 Å². The summed E-state index contributed by atoms with van der Waals surface area (Å²) in [5.41, 5.74) is 0.0150. The minimum Gasteiger partial charge on any atom is -0.315 e. The van der Waals surface area contributed by atoms with Gasteiger partial charge in [0.05, 0.1) is 10.9 Å². The highest BCUT2D eigenvalue weighted by atomic mass is 32.2. The molecule has 0 aliphatic rings. The normalized spacial score (nSPS) is 13.3. The summed E-state index contributed by atoms with van der Waals surface area (Å²) in [7, 11) is -3.63. The van der Waals surface area contributed by atoms with E-state index in [0.717, 1.165) is 25.1 Å². The average Bonchev–Trinajstić information content (AvgIpc) is 2.33. The van der Waals surface area contributed by atoms with Crippen molar-refractivity contribution >= 4 is 15.7 Å². The molecule has 0 spiro atoms. The SMILES string of the molecule is CCCNCC(C)S(=O)(=O)Nc1ccc(F)c(F)c1. The molecule has 2 N–H and O–H groups in total. The molecule has 19 heavy (non-hydrogen) atoms. The second-order valence-corrected chi connectivity index (χ2v) is 6.39. The number of anilines is 1. The molecule has 108 valence electrons. The van der Waals surface area contributed by atoms with Crippen molar-refractivity contribution in [1.82, 2.24) is 5.32 Å². The van der Waals surface area contributed by atoms with Crippen LogP contribution in [0.2, 0.25) is 0 Å². The van der Waals surface area contributed by atoms with Crippen molar-refractivity contribution in [3.8, 4) is 0 Å². The van der Waals surface area contributed by atoms with Gasteiger partial charge in [-0.2, -0.15) is 0 Å². The quantitative estimate of drug-likeness (QED) is 0.757. The van der Waals surface area contributed by atoms with Crippen molar-refractivity contribution in [3.05, 3.63) is 29.8 Å². The van der Waals surface area contributed by atoms with Crippen molar-refractivity contribution < 1.29 is 17.2 Å². The van der Waals surface area contributed by atoms with Crippen LogP contribution < -0.4 is 10.0 Å². The lowest BCUT2D eigenvalue weighted by Gasteiger charge is -2.15. The van der Waals surface area contributed by atoms with Gasteiger partial charge in [0.2, 0.25) is 10.0 Å². The summed E-state index contributed by atoms with van der Waals surface area (Å²) in [4.78, 5) is 0. The summed E-state index contributed by atoms with van der Waals surface area (Å²) in [6.07, 6.45) is 0.906. The van der Waals surface area contributed by atoms with E-state index in [1.165, 1.54) is 6.07 Å². The zero-order valence-electron chi connectivity index (χ0n) is 10.9. The molecule has 4 nitrogen and oxygen atoms in total. The lowest BCUT2D eigenvalue weighted by molar-refractivity contribution is 0.509. The van der Waals surface area contributed by atoms with Crippen LogP contribution in [0.25, 0.3) is 0 Å². The third-order valence-electron chi connectivity index (χ3n) is 2.57. The molecule has 1 aromatic rings. The van der Waals surface area contributed by atoms with Gasteiger partial charge < -0.3 is 5.32 Å². The van der Waals surface area contributed by atoms with Crippen LogP contribution in [0.1, 0.15) is 20.3 Å². The molecule has 1 atom stereocenters. The minimum atomic E-state index is -3.63. The Hall–Kier alpha value is -1.21. The van der Waals surface area contributed by atoms with Gasteiger partial charge >= 0.3 is 0 Å². The Morgan fingerprint density at radius 3 is 2.53 bits per heavy atom. The van der Waals surface area contributed by atoms with Gasteiger partial charge in [0.15, 0.2) is 11.6 Å². The van der Waals surface area contributed by atoms with Crippen LogP contribution in [-0.4, -0.2) is 26.8 Å². The first-order valence-electron chi connectivity index (χ1n) is 6.04. The molecule has 1 rings (SSSR count). The molecule has 0 saturated carbocycles. The summed E-state index contributed by atoms with van der Waals surface area (Å²) in [5, 5.41) is 2.32. The third-order valence-corrected chi connectivity index (χ3v) is 4.31. The van der Waals surface area contributed by atoms with E-state index in [0.29, 0.717) is 6.54 Å². The van der Waals surface area contributed by atoms with Crippen LogP contribution in [0.5, 0.6) is 0 Å². The molecule has 0 aliphatic carbocycles. The van der Waals surface area contributed by atoms with Crippen molar-refractivity contribution in [3.63, 3.8) is 0 Å². The molecule has 1 aromatic carbocycles. The zero-order valence-corrected chi connectivity index (χ0v) is 11.7. The topological polar surface area (TPSA) is 58.2 Å². The maximum atomic E-state index is 13.0. The second kappa shape index (κ2) is 6.81. The number of benzene rings is 1. The van der Waals surface area contributed by atoms with Crippen LogP contribution in [0.15, 0.2) is 18.2 Å². The average molecular weight is 292 g/mol. The molecule has 7 heteroatoms. The summed E-state index contributed by atoms with van der Waals surface area (Å²) in [5.74, 6) is -2.10. The molecule has 0 fully saturated rings. The highest BCUT2D eigenvalue weighted by Crippen LogP contribution is 2.15. The maximum Gasteiger partial charge on any atom is 0.236 e. The van der Waals surface area contributed by atoms with E-state index in [-0.39, 0.29) is 5.69 Å². The van der Waals surface area contributed by atoms with Gasteiger partial charge in [-0.15, -0.1) is 0 Å². The van der Waals surface area contributed by atoms with Crippen molar-refractivity contribution in [2.45, 2.75) is 25.5 Å². The van der Waals surface area contributed by atoms with Gasteiger partial charge in [0, 0.05) is 12.6 Å². The minimum absolute atomic E-state index is 0.0150. The fraction of sp³-hybridized carbons (Fsp3) is 0.500. The largest absolute Gasteiger partial charge is 0.315 e. The Morgan fingerprint density at radius 2 is 1.95 bits per heavy atom. The van der Waals surface area contributed by atoms with Crippen LogP contribution in [0.4, 0.5) is 14.5 Å². The standard InChI is InChI=1S/C12H18F2N2O2S/c1-3-6-15-8-9(2)19(17,18)16-10-4-5-11(13)12(14)7-10/h4-5,7,9,15-16H,3,6,8H2,1-2H3. The Morgan fingerprint density at radius 1 is 1.26 bits per heavy atom. The summed E-state index contributed by atoms with van der Waals surface area (Å²) < 4.78 is 51.8. The van der Waals surface area contributed by atoms with Gasteiger partial charge in [-0.05, 0) is 32.0 Å². The first-order chi connectivity index (χ1) is 8.86. The van der Waals surface area contributed by atoms with E-state index in [4.69, 9.17) is 0 Å². The first kappa shape index (κ1) is 15.8. The molecule has 0 radical (unpaired) electrons. The smallest absolute Gasteiger partial charge is 0.236 e.